The zero-order chi connectivity index (χ0) is 11.4. The Morgan fingerprint density at radius 1 is 1.60 bits per heavy atom. The molecule has 86 valence electrons. The van der Waals surface area contributed by atoms with Crippen molar-refractivity contribution < 1.29 is 28.8 Å². The normalized spacial score (nSPS) is 30.1. The average molecular weight is 219 g/mol. The monoisotopic (exact) mass is 219 g/mol. The molecule has 1 aliphatic rings. The molecule has 1 heterocycles. The number of nitrogens with two attached hydrogens (primary N) is 1. The van der Waals surface area contributed by atoms with E-state index in [2.05, 4.69) is 4.74 Å². The van der Waals surface area contributed by atoms with Crippen molar-refractivity contribution in [1.29, 1.82) is 0 Å². The van der Waals surface area contributed by atoms with Crippen LogP contribution in [-0.2, 0) is 18.9 Å². The van der Waals surface area contributed by atoms with Crippen LogP contribution in [0.2, 0.25) is 0 Å². The molecule has 0 aromatic rings. The number of methoxy groups -OCH3 is 2. The van der Waals surface area contributed by atoms with E-state index < -0.39 is 24.6 Å². The molecule has 0 radical (unpaired) electrons. The number of hydrogen-bond donors (Lipinski definition) is 2. The van der Waals surface area contributed by atoms with E-state index in [9.17, 15) is 9.90 Å². The van der Waals surface area contributed by atoms with Crippen LogP contribution in [0.1, 0.15) is 0 Å². The highest BCUT2D eigenvalue weighted by Crippen LogP contribution is 2.22. The van der Waals surface area contributed by atoms with Gasteiger partial charge < -0.3 is 29.8 Å². The Labute approximate surface area is 86.3 Å². The van der Waals surface area contributed by atoms with Crippen LogP contribution in [0.5, 0.6) is 0 Å². The van der Waals surface area contributed by atoms with Crippen molar-refractivity contribution in [1.82, 2.24) is 0 Å². The van der Waals surface area contributed by atoms with Gasteiger partial charge in [0.15, 0.2) is 18.0 Å². The molecule has 1 amide bonds. The van der Waals surface area contributed by atoms with E-state index in [1.54, 1.807) is 0 Å². The molecule has 0 saturated carbocycles. The van der Waals surface area contributed by atoms with Crippen molar-refractivity contribution in [3.05, 3.63) is 12.0 Å². The molecule has 0 aliphatic carbocycles. The van der Waals surface area contributed by atoms with Gasteiger partial charge in [-0.25, -0.2) is 4.79 Å². The standard InChI is InChI=1S/C8H13NO6/c1-12-4-3-14-7(13-2)6(5(4)10)15-8(9)11/h3,5-7,10H,1-2H3,(H2,9,11). The molecule has 0 aromatic heterocycles. The van der Waals surface area contributed by atoms with Crippen molar-refractivity contribution in [3.8, 4) is 0 Å². The number of ether oxygens (including phenoxy) is 4. The molecule has 15 heavy (non-hydrogen) atoms. The maximum absolute atomic E-state index is 10.6. The molecule has 0 aromatic carbocycles. The third-order valence-electron chi connectivity index (χ3n) is 1.91. The topological polar surface area (TPSA) is 100 Å². The van der Waals surface area contributed by atoms with Crippen LogP contribution in [0.15, 0.2) is 12.0 Å². The molecule has 3 atom stereocenters. The highest BCUT2D eigenvalue weighted by molar-refractivity contribution is 5.65. The largest absolute Gasteiger partial charge is 0.495 e. The number of carbonyl (C=O) groups excluding carboxylic acids is 1. The Morgan fingerprint density at radius 2 is 2.27 bits per heavy atom. The van der Waals surface area contributed by atoms with Gasteiger partial charge in [-0.15, -0.1) is 0 Å². The number of hydrogen-bond acceptors (Lipinski definition) is 6. The van der Waals surface area contributed by atoms with Gasteiger partial charge in [0.25, 0.3) is 0 Å². The molecule has 3 unspecified atom stereocenters. The van der Waals surface area contributed by atoms with Crippen LogP contribution in [0.4, 0.5) is 4.79 Å². The zero-order valence-corrected chi connectivity index (χ0v) is 8.38. The summed E-state index contributed by atoms with van der Waals surface area (Å²) in [6, 6.07) is 0. The fourth-order valence-corrected chi connectivity index (χ4v) is 1.20. The molecular formula is C8H13NO6. The predicted molar refractivity (Wildman–Crippen MR) is 47.4 cm³/mol. The van der Waals surface area contributed by atoms with Gasteiger partial charge in [0.2, 0.25) is 6.29 Å². The van der Waals surface area contributed by atoms with E-state index in [1.165, 1.54) is 20.5 Å². The molecule has 3 N–H and O–H groups in total. The summed E-state index contributed by atoms with van der Waals surface area (Å²) in [7, 11) is 2.70. The van der Waals surface area contributed by atoms with Gasteiger partial charge in [0, 0.05) is 7.11 Å². The zero-order valence-electron chi connectivity index (χ0n) is 8.38. The van der Waals surface area contributed by atoms with E-state index in [1.807, 2.05) is 0 Å². The molecule has 1 rings (SSSR count). The molecular weight excluding hydrogens is 206 g/mol. The summed E-state index contributed by atoms with van der Waals surface area (Å²) in [6.07, 6.45) is -2.96. The maximum Gasteiger partial charge on any atom is 0.405 e. The lowest BCUT2D eigenvalue weighted by atomic mass is 10.1. The molecule has 0 fully saturated rings. The summed E-state index contributed by atoms with van der Waals surface area (Å²) in [5, 5.41) is 9.69. The highest BCUT2D eigenvalue weighted by atomic mass is 16.7. The van der Waals surface area contributed by atoms with Gasteiger partial charge in [-0.05, 0) is 0 Å². The fraction of sp³-hybridized carbons (Fsp3) is 0.625. The Morgan fingerprint density at radius 3 is 2.73 bits per heavy atom. The van der Waals surface area contributed by atoms with Gasteiger partial charge >= 0.3 is 6.09 Å². The van der Waals surface area contributed by atoms with Crippen LogP contribution in [0, 0.1) is 0 Å². The number of amides is 1. The van der Waals surface area contributed by atoms with Gasteiger partial charge in [0.05, 0.1) is 7.11 Å². The van der Waals surface area contributed by atoms with Gasteiger partial charge in [-0.1, -0.05) is 0 Å². The number of aliphatic hydroxyl groups excluding tert-OH is 1. The minimum atomic E-state index is -1.17. The van der Waals surface area contributed by atoms with E-state index in [4.69, 9.17) is 19.9 Å². The van der Waals surface area contributed by atoms with Crippen molar-refractivity contribution >= 4 is 6.09 Å². The van der Waals surface area contributed by atoms with Crippen molar-refractivity contribution in [2.75, 3.05) is 14.2 Å². The molecule has 0 spiro atoms. The SMILES string of the molecule is COC1=COC(OC)C(OC(N)=O)C1O. The van der Waals surface area contributed by atoms with Crippen LogP contribution < -0.4 is 5.73 Å². The smallest absolute Gasteiger partial charge is 0.405 e. The lowest BCUT2D eigenvalue weighted by Crippen LogP contribution is -2.47. The van der Waals surface area contributed by atoms with Crippen LogP contribution in [-0.4, -0.2) is 43.9 Å². The number of aliphatic hydroxyl groups is 1. The Bertz CT molecular complexity index is 266. The number of carbonyl (C=O) groups is 1. The Hall–Kier alpha value is -1.47. The van der Waals surface area contributed by atoms with E-state index in [0.29, 0.717) is 0 Å². The van der Waals surface area contributed by atoms with Crippen LogP contribution >= 0.6 is 0 Å². The first-order valence-electron chi connectivity index (χ1n) is 4.16. The average Bonchev–Trinajstić information content (AvgIpc) is 2.20. The molecule has 0 saturated heterocycles. The molecule has 0 bridgehead atoms. The lowest BCUT2D eigenvalue weighted by molar-refractivity contribution is -0.192. The second-order valence-electron chi connectivity index (χ2n) is 2.81. The number of rotatable bonds is 3. The predicted octanol–water partition coefficient (Wildman–Crippen LogP) is -0.698. The minimum absolute atomic E-state index is 0.134. The third-order valence-corrected chi connectivity index (χ3v) is 1.91. The van der Waals surface area contributed by atoms with Crippen molar-refractivity contribution in [2.24, 2.45) is 5.73 Å². The van der Waals surface area contributed by atoms with Crippen LogP contribution in [0.25, 0.3) is 0 Å². The molecule has 7 nitrogen and oxygen atoms in total. The lowest BCUT2D eigenvalue weighted by Gasteiger charge is -2.32. The molecule has 1 aliphatic heterocycles. The van der Waals surface area contributed by atoms with E-state index in [0.717, 1.165) is 0 Å². The van der Waals surface area contributed by atoms with E-state index in [-0.39, 0.29) is 5.76 Å². The Kier molecular flexibility index (Phi) is 3.75. The fourth-order valence-electron chi connectivity index (χ4n) is 1.20. The first-order valence-corrected chi connectivity index (χ1v) is 4.16. The van der Waals surface area contributed by atoms with Crippen molar-refractivity contribution in [3.63, 3.8) is 0 Å². The third kappa shape index (κ3) is 2.51. The maximum atomic E-state index is 10.6. The first-order chi connectivity index (χ1) is 7.10. The van der Waals surface area contributed by atoms with Crippen molar-refractivity contribution in [2.45, 2.75) is 18.5 Å². The van der Waals surface area contributed by atoms with Gasteiger partial charge in [-0.2, -0.15) is 0 Å². The Balaban J connectivity index is 2.79. The summed E-state index contributed by atoms with van der Waals surface area (Å²) < 4.78 is 19.3. The van der Waals surface area contributed by atoms with Crippen LogP contribution in [0.3, 0.4) is 0 Å². The quantitative estimate of drug-likeness (QED) is 0.651. The first kappa shape index (κ1) is 11.6. The summed E-state index contributed by atoms with van der Waals surface area (Å²) in [4.78, 5) is 10.6. The second kappa shape index (κ2) is 4.85. The summed E-state index contributed by atoms with van der Waals surface area (Å²) in [5.74, 6) is 0.134. The highest BCUT2D eigenvalue weighted by Gasteiger charge is 2.39. The second-order valence-corrected chi connectivity index (χ2v) is 2.81. The van der Waals surface area contributed by atoms with Gasteiger partial charge in [0.1, 0.15) is 6.26 Å². The summed E-state index contributed by atoms with van der Waals surface area (Å²) in [5.41, 5.74) is 4.85. The molecule has 7 heteroatoms. The number of primary amides is 1. The van der Waals surface area contributed by atoms with Gasteiger partial charge in [-0.3, -0.25) is 0 Å². The summed E-state index contributed by atoms with van der Waals surface area (Å²) >= 11 is 0. The summed E-state index contributed by atoms with van der Waals surface area (Å²) in [6.45, 7) is 0. The minimum Gasteiger partial charge on any atom is -0.495 e. The van der Waals surface area contributed by atoms with E-state index >= 15 is 0 Å².